The van der Waals surface area contributed by atoms with Crippen LogP contribution in [0.25, 0.3) is 22.2 Å². The van der Waals surface area contributed by atoms with Gasteiger partial charge in [0.15, 0.2) is 0 Å². The lowest BCUT2D eigenvalue weighted by atomic mass is 9.91. The van der Waals surface area contributed by atoms with Gasteiger partial charge in [-0.15, -0.1) is 0 Å². The minimum Gasteiger partial charge on any atom is -0.481 e. The van der Waals surface area contributed by atoms with E-state index in [2.05, 4.69) is 31.0 Å². The van der Waals surface area contributed by atoms with Crippen molar-refractivity contribution in [2.75, 3.05) is 0 Å². The second-order valence-electron chi connectivity index (χ2n) is 9.21. The summed E-state index contributed by atoms with van der Waals surface area (Å²) in [6.07, 6.45) is -0.189. The van der Waals surface area contributed by atoms with Crippen LogP contribution in [0.2, 0.25) is 0 Å². The number of halogens is 3. The molecule has 198 valence electrons. The summed E-state index contributed by atoms with van der Waals surface area (Å²) >= 11 is 3.40. The van der Waals surface area contributed by atoms with Crippen LogP contribution in [-0.2, 0) is 9.59 Å². The van der Waals surface area contributed by atoms with Crippen molar-refractivity contribution in [2.45, 2.75) is 31.7 Å². The average molecular weight is 595 g/mol. The number of nitrogens with zero attached hydrogens (tertiary/aromatic N) is 3. The Morgan fingerprint density at radius 3 is 2.46 bits per heavy atom. The lowest BCUT2D eigenvalue weighted by Gasteiger charge is -2.25. The predicted molar refractivity (Wildman–Crippen MR) is 145 cm³/mol. The second kappa shape index (κ2) is 10.1. The minimum atomic E-state index is -4.21. The van der Waals surface area contributed by atoms with Gasteiger partial charge in [-0.1, -0.05) is 57.9 Å². The molecule has 2 aromatic carbocycles. The van der Waals surface area contributed by atoms with Crippen LogP contribution in [0.15, 0.2) is 81.2 Å². The van der Waals surface area contributed by atoms with Gasteiger partial charge in [0, 0.05) is 28.0 Å². The number of carbonyl (C=O) groups is 2. The Balaban J connectivity index is 1.72. The maximum atomic E-state index is 14.8. The monoisotopic (exact) mass is 594 g/mol. The Hall–Kier alpha value is -4.25. The Morgan fingerprint density at radius 1 is 1.10 bits per heavy atom. The number of nitrogens with one attached hydrogen (secondary N) is 1. The molecule has 0 unspecified atom stereocenters. The molecule has 0 saturated heterocycles. The zero-order chi connectivity index (χ0) is 27.9. The number of carboxylic acid groups (broad SMARTS) is 1. The molecule has 0 aliphatic carbocycles. The fraction of sp³-hybridized carbons (Fsp3) is 0.179. The van der Waals surface area contributed by atoms with Crippen LogP contribution in [0.3, 0.4) is 0 Å². The van der Waals surface area contributed by atoms with Gasteiger partial charge in [-0.05, 0) is 42.3 Å². The summed E-state index contributed by atoms with van der Waals surface area (Å²) in [5, 5.41) is 14.4. The minimum absolute atomic E-state index is 0.0453. The van der Waals surface area contributed by atoms with Gasteiger partial charge in [-0.2, -0.15) is 13.9 Å². The highest BCUT2D eigenvalue weighted by molar-refractivity contribution is 9.10. The fourth-order valence-electron chi connectivity index (χ4n) is 4.65. The van der Waals surface area contributed by atoms with Gasteiger partial charge in [0.1, 0.15) is 12.1 Å². The van der Waals surface area contributed by atoms with E-state index in [1.807, 2.05) is 6.92 Å². The zero-order valence-electron chi connectivity index (χ0n) is 20.5. The molecule has 3 heterocycles. The highest BCUT2D eigenvalue weighted by atomic mass is 79.9. The number of amides is 1. The number of alkyl halides is 2. The van der Waals surface area contributed by atoms with Crippen LogP contribution < -0.4 is 5.56 Å². The van der Waals surface area contributed by atoms with Gasteiger partial charge < -0.3 is 10.1 Å². The molecule has 0 fully saturated rings. The first-order chi connectivity index (χ1) is 18.5. The van der Waals surface area contributed by atoms with E-state index < -0.39 is 35.8 Å². The summed E-state index contributed by atoms with van der Waals surface area (Å²) in [6, 6.07) is 16.6. The van der Waals surface area contributed by atoms with E-state index in [4.69, 9.17) is 5.11 Å². The topological polar surface area (TPSA) is 116 Å². The summed E-state index contributed by atoms with van der Waals surface area (Å²) in [6.45, 7) is 1.86. The number of pyridine rings is 2. The number of aromatic amines is 1. The number of hydrogen-bond donors (Lipinski definition) is 2. The molecule has 1 aliphatic heterocycles. The van der Waals surface area contributed by atoms with E-state index in [1.165, 1.54) is 6.20 Å². The number of hydrogen-bond acceptors (Lipinski definition) is 5. The molecular formula is C28H21BrF2N4O4. The summed E-state index contributed by atoms with van der Waals surface area (Å²) < 4.78 is 30.3. The molecule has 0 bridgehead atoms. The van der Waals surface area contributed by atoms with E-state index in [1.54, 1.807) is 60.7 Å². The third kappa shape index (κ3) is 5.09. The standard InChI is InChI=1S/C28H21BrF2N4O4/c1-15-4-6-16(7-5-15)21-13-20(34-35(21)27(39)28(30,31)14-22(36)37)24-23(17-8-10-18(29)11-9-17)19-3-2-12-32-25(19)33-26(24)38/h2-12,21H,13-14H2,1H3,(H,36,37)(H,32,33,38)/t21-/m1/s1. The molecule has 2 aromatic heterocycles. The first-order valence-electron chi connectivity index (χ1n) is 11.9. The molecule has 2 N–H and O–H groups in total. The van der Waals surface area contributed by atoms with Gasteiger partial charge in [0.05, 0.1) is 17.3 Å². The number of benzene rings is 2. The van der Waals surface area contributed by atoms with Crippen LogP contribution in [-0.4, -0.2) is 43.6 Å². The van der Waals surface area contributed by atoms with Crippen LogP contribution in [0.4, 0.5) is 8.78 Å². The van der Waals surface area contributed by atoms with Gasteiger partial charge in [-0.25, -0.2) is 9.99 Å². The van der Waals surface area contributed by atoms with Crippen molar-refractivity contribution >= 4 is 44.6 Å². The number of carbonyl (C=O) groups excluding carboxylic acids is 1. The largest absolute Gasteiger partial charge is 0.481 e. The van der Waals surface area contributed by atoms with Crippen LogP contribution >= 0.6 is 15.9 Å². The zero-order valence-corrected chi connectivity index (χ0v) is 22.1. The number of aliphatic carboxylic acids is 1. The van der Waals surface area contributed by atoms with Crippen LogP contribution in [0, 0.1) is 6.92 Å². The van der Waals surface area contributed by atoms with Gasteiger partial charge in [0.2, 0.25) is 0 Å². The normalized spacial score (nSPS) is 15.4. The summed E-state index contributed by atoms with van der Waals surface area (Å²) in [4.78, 5) is 44.6. The van der Waals surface area contributed by atoms with E-state index in [0.29, 0.717) is 32.7 Å². The molecule has 0 spiro atoms. The molecule has 1 atom stereocenters. The summed E-state index contributed by atoms with van der Waals surface area (Å²) in [5.74, 6) is -7.78. The fourth-order valence-corrected chi connectivity index (χ4v) is 4.91. The van der Waals surface area contributed by atoms with Crippen molar-refractivity contribution in [3.63, 3.8) is 0 Å². The van der Waals surface area contributed by atoms with Gasteiger partial charge in [0.25, 0.3) is 5.56 Å². The number of aromatic nitrogens is 2. The molecular weight excluding hydrogens is 574 g/mol. The number of rotatable bonds is 6. The van der Waals surface area contributed by atoms with Crippen LogP contribution in [0.1, 0.15) is 35.6 Å². The third-order valence-electron chi connectivity index (χ3n) is 6.47. The molecule has 39 heavy (non-hydrogen) atoms. The molecule has 11 heteroatoms. The Bertz CT molecular complexity index is 1690. The van der Waals surface area contributed by atoms with Crippen molar-refractivity contribution in [3.05, 3.63) is 98.4 Å². The summed E-state index contributed by atoms with van der Waals surface area (Å²) in [5.41, 5.74) is 2.60. The van der Waals surface area contributed by atoms with E-state index in [0.717, 1.165) is 10.0 Å². The van der Waals surface area contributed by atoms with Crippen molar-refractivity contribution < 1.29 is 23.5 Å². The quantitative estimate of drug-likeness (QED) is 0.308. The van der Waals surface area contributed by atoms with Gasteiger partial charge >= 0.3 is 17.8 Å². The van der Waals surface area contributed by atoms with Crippen molar-refractivity contribution in [3.8, 4) is 11.1 Å². The lowest BCUT2D eigenvalue weighted by Crippen LogP contribution is -2.42. The Labute approximate surface area is 229 Å². The third-order valence-corrected chi connectivity index (χ3v) is 7.00. The predicted octanol–water partition coefficient (Wildman–Crippen LogP) is 5.45. The number of aryl methyl sites for hydroxylation is 1. The Kier molecular flexibility index (Phi) is 6.85. The first kappa shape index (κ1) is 26.4. The van der Waals surface area contributed by atoms with Crippen molar-refractivity contribution in [2.24, 2.45) is 5.10 Å². The number of fused-ring (bicyclic) bond motifs is 1. The molecule has 5 rings (SSSR count). The van der Waals surface area contributed by atoms with Crippen molar-refractivity contribution in [1.29, 1.82) is 0 Å². The number of carboxylic acids is 1. The molecule has 4 aromatic rings. The average Bonchev–Trinajstić information content (AvgIpc) is 3.32. The Morgan fingerprint density at radius 2 is 1.79 bits per heavy atom. The lowest BCUT2D eigenvalue weighted by molar-refractivity contribution is -0.167. The number of hydrazone groups is 1. The number of H-pyrrole nitrogens is 1. The second-order valence-corrected chi connectivity index (χ2v) is 10.1. The molecule has 1 aliphatic rings. The maximum absolute atomic E-state index is 14.8. The van der Waals surface area contributed by atoms with E-state index in [9.17, 15) is 23.2 Å². The smallest absolute Gasteiger partial charge is 0.337 e. The molecule has 1 amide bonds. The molecule has 0 radical (unpaired) electrons. The maximum Gasteiger partial charge on any atom is 0.337 e. The highest BCUT2D eigenvalue weighted by Gasteiger charge is 2.49. The molecule has 0 saturated carbocycles. The van der Waals surface area contributed by atoms with E-state index >= 15 is 0 Å². The highest BCUT2D eigenvalue weighted by Crippen LogP contribution is 2.39. The summed E-state index contributed by atoms with van der Waals surface area (Å²) in [7, 11) is 0. The van der Waals surface area contributed by atoms with Gasteiger partial charge in [-0.3, -0.25) is 14.4 Å². The van der Waals surface area contributed by atoms with E-state index in [-0.39, 0.29) is 17.7 Å². The SMILES string of the molecule is Cc1ccc([C@H]2CC(c3c(-c4ccc(Br)cc4)c4cccnc4[nH]c3=O)=NN2C(=O)C(F)(F)CC(=O)O)cc1. The van der Waals surface area contributed by atoms with Crippen molar-refractivity contribution in [1.82, 2.24) is 15.0 Å². The molecule has 8 nitrogen and oxygen atoms in total. The van der Waals surface area contributed by atoms with Crippen LogP contribution in [0.5, 0.6) is 0 Å². The first-order valence-corrected chi connectivity index (χ1v) is 12.7.